The van der Waals surface area contributed by atoms with Crippen molar-refractivity contribution in [2.24, 2.45) is 0 Å². The van der Waals surface area contributed by atoms with Crippen LogP contribution in [0.4, 0.5) is 25.0 Å². The van der Waals surface area contributed by atoms with Gasteiger partial charge in [-0.15, -0.1) is 0 Å². The lowest BCUT2D eigenvalue weighted by atomic mass is 10.1. The Hall–Kier alpha value is -3.22. The van der Waals surface area contributed by atoms with Crippen molar-refractivity contribution in [2.45, 2.75) is 0 Å². The molecule has 2 aromatic carbocycles. The Balaban J connectivity index is 1.42. The number of nitrogens with zero attached hydrogens (tertiary/aromatic N) is 3. The van der Waals surface area contributed by atoms with E-state index < -0.39 is 11.6 Å². The van der Waals surface area contributed by atoms with Crippen LogP contribution in [0.2, 0.25) is 0 Å². The maximum atomic E-state index is 13.3. The molecule has 1 fully saturated rings. The summed E-state index contributed by atoms with van der Waals surface area (Å²) in [5.74, 6) is -1.92. The Kier molecular flexibility index (Phi) is 4.58. The molecule has 0 spiro atoms. The van der Waals surface area contributed by atoms with Crippen LogP contribution in [0.5, 0.6) is 0 Å². The largest absolute Gasteiger partial charge is 0.366 e. The second kappa shape index (κ2) is 7.19. The molecule has 2 heterocycles. The minimum atomic E-state index is -0.985. The number of benzene rings is 2. The van der Waals surface area contributed by atoms with E-state index in [1.807, 2.05) is 30.3 Å². The molecular formula is C20H18F2N4O. The van der Waals surface area contributed by atoms with Gasteiger partial charge in [0.15, 0.2) is 11.6 Å². The van der Waals surface area contributed by atoms with E-state index in [1.165, 1.54) is 6.07 Å². The van der Waals surface area contributed by atoms with Gasteiger partial charge in [0.1, 0.15) is 0 Å². The summed E-state index contributed by atoms with van der Waals surface area (Å²) in [4.78, 5) is 20.7. The standard InChI is InChI=1S/C20H18F2N4O/c21-16-7-6-15(13-17(16)22)24-20(27)26-11-9-25(10-12-26)18-5-1-3-14-4-2-8-23-19(14)18/h1-8,13H,9-12H2,(H,24,27). The van der Waals surface area contributed by atoms with Crippen molar-refractivity contribution >= 4 is 28.3 Å². The van der Waals surface area contributed by atoms with Crippen molar-refractivity contribution in [2.75, 3.05) is 36.4 Å². The lowest BCUT2D eigenvalue weighted by Crippen LogP contribution is -2.50. The number of halogens is 2. The topological polar surface area (TPSA) is 48.5 Å². The van der Waals surface area contributed by atoms with Gasteiger partial charge in [0.2, 0.25) is 0 Å². The number of amides is 2. The molecule has 0 saturated carbocycles. The van der Waals surface area contributed by atoms with Crippen LogP contribution in [0, 0.1) is 11.6 Å². The third-order valence-corrected chi connectivity index (χ3v) is 4.69. The molecule has 27 heavy (non-hydrogen) atoms. The van der Waals surface area contributed by atoms with Crippen molar-refractivity contribution in [3.8, 4) is 0 Å². The van der Waals surface area contributed by atoms with Gasteiger partial charge < -0.3 is 15.1 Å². The van der Waals surface area contributed by atoms with Gasteiger partial charge in [-0.2, -0.15) is 0 Å². The van der Waals surface area contributed by atoms with E-state index in [0.29, 0.717) is 26.2 Å². The van der Waals surface area contributed by atoms with Crippen molar-refractivity contribution < 1.29 is 13.6 Å². The maximum Gasteiger partial charge on any atom is 0.321 e. The molecule has 1 aliphatic heterocycles. The lowest BCUT2D eigenvalue weighted by molar-refractivity contribution is 0.208. The predicted octanol–water partition coefficient (Wildman–Crippen LogP) is 3.87. The monoisotopic (exact) mass is 368 g/mol. The van der Waals surface area contributed by atoms with Crippen LogP contribution < -0.4 is 10.2 Å². The summed E-state index contributed by atoms with van der Waals surface area (Å²) in [5, 5.41) is 3.69. The molecule has 138 valence electrons. The molecule has 0 bridgehead atoms. The van der Waals surface area contributed by atoms with Crippen molar-refractivity contribution in [3.63, 3.8) is 0 Å². The third-order valence-electron chi connectivity index (χ3n) is 4.69. The van der Waals surface area contributed by atoms with Crippen LogP contribution in [0.3, 0.4) is 0 Å². The van der Waals surface area contributed by atoms with Crippen LogP contribution in [0.1, 0.15) is 0 Å². The molecule has 1 saturated heterocycles. The first-order chi connectivity index (χ1) is 13.1. The van der Waals surface area contributed by atoms with E-state index in [-0.39, 0.29) is 11.7 Å². The second-order valence-corrected chi connectivity index (χ2v) is 6.39. The van der Waals surface area contributed by atoms with Gasteiger partial charge in [-0.1, -0.05) is 18.2 Å². The predicted molar refractivity (Wildman–Crippen MR) is 101 cm³/mol. The van der Waals surface area contributed by atoms with Crippen LogP contribution in [0.25, 0.3) is 10.9 Å². The number of carbonyl (C=O) groups is 1. The van der Waals surface area contributed by atoms with E-state index in [0.717, 1.165) is 28.7 Å². The number of anilines is 2. The highest BCUT2D eigenvalue weighted by atomic mass is 19.2. The number of piperazine rings is 1. The van der Waals surface area contributed by atoms with Crippen LogP contribution >= 0.6 is 0 Å². The summed E-state index contributed by atoms with van der Waals surface area (Å²) in [6.45, 7) is 2.39. The molecular weight excluding hydrogens is 350 g/mol. The fraction of sp³-hybridized carbons (Fsp3) is 0.200. The van der Waals surface area contributed by atoms with E-state index in [2.05, 4.69) is 15.2 Å². The first-order valence-electron chi connectivity index (χ1n) is 8.71. The van der Waals surface area contributed by atoms with E-state index in [9.17, 15) is 13.6 Å². The maximum absolute atomic E-state index is 13.3. The molecule has 3 aromatic rings. The first-order valence-corrected chi connectivity index (χ1v) is 8.71. The zero-order chi connectivity index (χ0) is 18.8. The Morgan fingerprint density at radius 3 is 2.52 bits per heavy atom. The number of fused-ring (bicyclic) bond motifs is 1. The van der Waals surface area contributed by atoms with Gasteiger partial charge in [0, 0.05) is 49.5 Å². The van der Waals surface area contributed by atoms with Gasteiger partial charge in [0.05, 0.1) is 11.2 Å². The average molecular weight is 368 g/mol. The van der Waals surface area contributed by atoms with Gasteiger partial charge in [-0.3, -0.25) is 4.98 Å². The Morgan fingerprint density at radius 1 is 0.963 bits per heavy atom. The zero-order valence-electron chi connectivity index (χ0n) is 14.5. The molecule has 1 aliphatic rings. The number of rotatable bonds is 2. The van der Waals surface area contributed by atoms with Gasteiger partial charge >= 0.3 is 6.03 Å². The number of nitrogens with one attached hydrogen (secondary N) is 1. The molecule has 4 rings (SSSR count). The van der Waals surface area contributed by atoms with Crippen molar-refractivity contribution in [1.82, 2.24) is 9.88 Å². The summed E-state index contributed by atoms with van der Waals surface area (Å²) in [7, 11) is 0. The van der Waals surface area contributed by atoms with Crippen LogP contribution in [-0.4, -0.2) is 42.1 Å². The number of hydrogen-bond donors (Lipinski definition) is 1. The molecule has 0 unspecified atom stereocenters. The first kappa shape index (κ1) is 17.2. The number of para-hydroxylation sites is 1. The fourth-order valence-electron chi connectivity index (χ4n) is 3.27. The summed E-state index contributed by atoms with van der Waals surface area (Å²) < 4.78 is 26.3. The van der Waals surface area contributed by atoms with E-state index >= 15 is 0 Å². The molecule has 0 atom stereocenters. The number of urea groups is 1. The summed E-state index contributed by atoms with van der Waals surface area (Å²) >= 11 is 0. The number of pyridine rings is 1. The molecule has 1 aromatic heterocycles. The zero-order valence-corrected chi connectivity index (χ0v) is 14.5. The Bertz CT molecular complexity index is 981. The van der Waals surface area contributed by atoms with E-state index in [1.54, 1.807) is 11.1 Å². The van der Waals surface area contributed by atoms with Gasteiger partial charge in [-0.05, 0) is 24.3 Å². The van der Waals surface area contributed by atoms with Crippen molar-refractivity contribution in [3.05, 3.63) is 66.4 Å². The quantitative estimate of drug-likeness (QED) is 0.747. The van der Waals surface area contributed by atoms with E-state index in [4.69, 9.17) is 0 Å². The molecule has 0 aliphatic carbocycles. The highest BCUT2D eigenvalue weighted by Gasteiger charge is 2.22. The fourth-order valence-corrected chi connectivity index (χ4v) is 3.27. The average Bonchev–Trinajstić information content (AvgIpc) is 2.70. The van der Waals surface area contributed by atoms with Crippen molar-refractivity contribution in [1.29, 1.82) is 0 Å². The van der Waals surface area contributed by atoms with Crippen LogP contribution in [0.15, 0.2) is 54.7 Å². The lowest BCUT2D eigenvalue weighted by Gasteiger charge is -2.36. The molecule has 7 heteroatoms. The Labute approximate surface area is 155 Å². The Morgan fingerprint density at radius 2 is 1.74 bits per heavy atom. The minimum absolute atomic E-state index is 0.236. The third kappa shape index (κ3) is 3.53. The minimum Gasteiger partial charge on any atom is -0.366 e. The van der Waals surface area contributed by atoms with Crippen LogP contribution in [-0.2, 0) is 0 Å². The molecule has 5 nitrogen and oxygen atoms in total. The SMILES string of the molecule is O=C(Nc1ccc(F)c(F)c1)N1CCN(c2cccc3cccnc23)CC1. The summed E-state index contributed by atoms with van der Waals surface area (Å²) in [6, 6.07) is 13.0. The van der Waals surface area contributed by atoms with Gasteiger partial charge in [-0.25, -0.2) is 13.6 Å². The number of carbonyl (C=O) groups excluding carboxylic acids is 1. The molecule has 0 radical (unpaired) electrons. The number of aromatic nitrogens is 1. The second-order valence-electron chi connectivity index (χ2n) is 6.39. The highest BCUT2D eigenvalue weighted by Crippen LogP contribution is 2.25. The molecule has 1 N–H and O–H groups in total. The smallest absolute Gasteiger partial charge is 0.321 e. The summed E-state index contributed by atoms with van der Waals surface area (Å²) in [5.41, 5.74) is 2.23. The summed E-state index contributed by atoms with van der Waals surface area (Å²) in [6.07, 6.45) is 1.78. The molecule has 2 amide bonds. The number of hydrogen-bond acceptors (Lipinski definition) is 3. The van der Waals surface area contributed by atoms with Gasteiger partial charge in [0.25, 0.3) is 0 Å². The normalized spacial score (nSPS) is 14.4. The highest BCUT2D eigenvalue weighted by molar-refractivity contribution is 5.91.